The molecule has 8 unspecified atom stereocenters. The van der Waals surface area contributed by atoms with Crippen molar-refractivity contribution in [2.45, 2.75) is 288 Å². The van der Waals surface area contributed by atoms with Crippen molar-refractivity contribution >= 4 is 5.91 Å². The van der Waals surface area contributed by atoms with Crippen LogP contribution in [0, 0.1) is 0 Å². The number of hydrogen-bond acceptors (Lipinski definition) is 9. The number of nitrogens with one attached hydrogen (secondary N) is 1. The van der Waals surface area contributed by atoms with Gasteiger partial charge in [0.15, 0.2) is 6.29 Å². The molecule has 1 heterocycles. The fourth-order valence-corrected chi connectivity index (χ4v) is 8.36. The zero-order chi connectivity index (χ0) is 45.3. The van der Waals surface area contributed by atoms with E-state index in [4.69, 9.17) is 9.47 Å². The summed E-state index contributed by atoms with van der Waals surface area (Å²) in [4.78, 5) is 13.1. The molecule has 0 aliphatic carbocycles. The van der Waals surface area contributed by atoms with Crippen LogP contribution in [-0.2, 0) is 14.3 Å². The molecule has 1 fully saturated rings. The van der Waals surface area contributed by atoms with Crippen molar-refractivity contribution in [2.75, 3.05) is 13.2 Å². The fraction of sp³-hybridized carbons (Fsp3) is 0.904. The Kier molecular flexibility index (Phi) is 40.0. The lowest BCUT2D eigenvalue weighted by molar-refractivity contribution is -0.302. The summed E-state index contributed by atoms with van der Waals surface area (Å²) in [5.74, 6) is -0.623. The van der Waals surface area contributed by atoms with Gasteiger partial charge in [0.25, 0.3) is 0 Å². The summed E-state index contributed by atoms with van der Waals surface area (Å²) < 4.78 is 11.1. The van der Waals surface area contributed by atoms with Gasteiger partial charge in [-0.25, -0.2) is 0 Å². The fourth-order valence-electron chi connectivity index (χ4n) is 8.36. The Hall–Kier alpha value is -1.37. The number of aliphatic hydroxyl groups is 6. The molecule has 1 saturated heterocycles. The van der Waals surface area contributed by atoms with Crippen LogP contribution in [0.1, 0.15) is 239 Å². The lowest BCUT2D eigenvalue weighted by Crippen LogP contribution is -2.60. The lowest BCUT2D eigenvalue weighted by Gasteiger charge is -2.40. The maximum Gasteiger partial charge on any atom is 0.249 e. The normalized spacial score (nSPS) is 20.9. The highest BCUT2D eigenvalue weighted by Crippen LogP contribution is 2.23. The highest BCUT2D eigenvalue weighted by atomic mass is 16.7. The van der Waals surface area contributed by atoms with E-state index in [1.54, 1.807) is 6.08 Å². The molecule has 62 heavy (non-hydrogen) atoms. The van der Waals surface area contributed by atoms with Crippen LogP contribution in [0.15, 0.2) is 24.3 Å². The first-order valence-corrected chi connectivity index (χ1v) is 26.2. The molecule has 0 aromatic carbocycles. The standard InChI is InChI=1S/C52H99NO9/c1-3-5-7-9-11-13-15-17-19-20-21-22-23-24-25-26-27-29-31-33-35-37-39-41-46(56)51(60)53-44(43-61-52-50(59)49(58)48(57)47(42-54)62-52)45(55)40-38-36-34-32-30-28-18-16-14-12-10-8-6-4-2/h30,32,38,40,44-50,52,54-59H,3-29,31,33-37,39,41-43H2,1-2H3,(H,53,60)/b32-30+,40-38+. The highest BCUT2D eigenvalue weighted by Gasteiger charge is 2.44. The van der Waals surface area contributed by atoms with Gasteiger partial charge in [0.1, 0.15) is 30.5 Å². The van der Waals surface area contributed by atoms with Gasteiger partial charge in [-0.1, -0.05) is 231 Å². The monoisotopic (exact) mass is 882 g/mol. The Morgan fingerprint density at radius 3 is 1.40 bits per heavy atom. The van der Waals surface area contributed by atoms with Crippen LogP contribution in [0.25, 0.3) is 0 Å². The lowest BCUT2D eigenvalue weighted by atomic mass is 9.99. The Morgan fingerprint density at radius 1 is 0.548 bits per heavy atom. The number of carbonyl (C=O) groups excluding carboxylic acids is 1. The third-order valence-electron chi connectivity index (χ3n) is 12.6. The highest BCUT2D eigenvalue weighted by molar-refractivity contribution is 5.80. The second-order valence-corrected chi connectivity index (χ2v) is 18.5. The van der Waals surface area contributed by atoms with Crippen molar-refractivity contribution in [3.63, 3.8) is 0 Å². The molecule has 7 N–H and O–H groups in total. The summed E-state index contributed by atoms with van der Waals surface area (Å²) in [6.45, 7) is 3.61. The first-order valence-electron chi connectivity index (χ1n) is 26.2. The number of rotatable bonds is 44. The van der Waals surface area contributed by atoms with E-state index in [2.05, 4.69) is 31.3 Å². The van der Waals surface area contributed by atoms with Crippen molar-refractivity contribution in [3.05, 3.63) is 24.3 Å². The summed E-state index contributed by atoms with van der Waals surface area (Å²) >= 11 is 0. The van der Waals surface area contributed by atoms with Crippen LogP contribution in [0.3, 0.4) is 0 Å². The summed E-state index contributed by atoms with van der Waals surface area (Å²) in [5, 5.41) is 64.8. The van der Waals surface area contributed by atoms with Gasteiger partial charge in [0.05, 0.1) is 25.4 Å². The van der Waals surface area contributed by atoms with Gasteiger partial charge in [-0.2, -0.15) is 0 Å². The molecule has 0 saturated carbocycles. The van der Waals surface area contributed by atoms with Crippen molar-refractivity contribution in [3.8, 4) is 0 Å². The number of amides is 1. The van der Waals surface area contributed by atoms with Crippen molar-refractivity contribution in [1.82, 2.24) is 5.32 Å². The molecule has 1 rings (SSSR count). The third kappa shape index (κ3) is 31.5. The van der Waals surface area contributed by atoms with Crippen molar-refractivity contribution < 1.29 is 44.9 Å². The van der Waals surface area contributed by atoms with Crippen LogP contribution >= 0.6 is 0 Å². The van der Waals surface area contributed by atoms with E-state index >= 15 is 0 Å². The average molecular weight is 882 g/mol. The smallest absolute Gasteiger partial charge is 0.249 e. The summed E-state index contributed by atoms with van der Waals surface area (Å²) in [6.07, 6.45) is 41.3. The first-order chi connectivity index (χ1) is 30.3. The molecule has 0 radical (unpaired) electrons. The number of ether oxygens (including phenoxy) is 2. The molecule has 1 aliphatic heterocycles. The van der Waals surface area contributed by atoms with E-state index in [-0.39, 0.29) is 6.61 Å². The largest absolute Gasteiger partial charge is 0.394 e. The number of aliphatic hydroxyl groups excluding tert-OH is 6. The first kappa shape index (κ1) is 58.6. The van der Waals surface area contributed by atoms with Crippen molar-refractivity contribution in [2.24, 2.45) is 0 Å². The van der Waals surface area contributed by atoms with Crippen LogP contribution < -0.4 is 5.32 Å². The van der Waals surface area contributed by atoms with Crippen LogP contribution in [-0.4, -0.2) is 98.7 Å². The Balaban J connectivity index is 2.30. The molecule has 8 atom stereocenters. The molecule has 0 aromatic heterocycles. The molecule has 0 spiro atoms. The Morgan fingerprint density at radius 2 is 0.952 bits per heavy atom. The molecular formula is C52H99NO9. The SMILES string of the molecule is CCCCCCCCCC/C=C/CC/C=C/C(O)C(COC1OC(CO)C(O)C(O)C1O)NC(=O)C(O)CCCCCCCCCCCCCCCCCCCCCCCCC. The summed E-state index contributed by atoms with van der Waals surface area (Å²) in [7, 11) is 0. The zero-order valence-corrected chi connectivity index (χ0v) is 40.0. The minimum absolute atomic E-state index is 0.308. The zero-order valence-electron chi connectivity index (χ0n) is 40.0. The van der Waals surface area contributed by atoms with Gasteiger partial charge in [0, 0.05) is 0 Å². The maximum atomic E-state index is 13.1. The van der Waals surface area contributed by atoms with Gasteiger partial charge < -0.3 is 45.4 Å². The Labute approximate surface area is 380 Å². The molecule has 0 bridgehead atoms. The molecular weight excluding hydrogens is 783 g/mol. The van der Waals surface area contributed by atoms with Crippen LogP contribution in [0.2, 0.25) is 0 Å². The van der Waals surface area contributed by atoms with Gasteiger partial charge in [0.2, 0.25) is 5.91 Å². The van der Waals surface area contributed by atoms with Crippen LogP contribution in [0.4, 0.5) is 0 Å². The van der Waals surface area contributed by atoms with E-state index in [1.165, 1.54) is 173 Å². The minimum Gasteiger partial charge on any atom is -0.394 e. The number of carbonyl (C=O) groups is 1. The van der Waals surface area contributed by atoms with E-state index < -0.39 is 61.5 Å². The number of allylic oxidation sites excluding steroid dienone is 3. The van der Waals surface area contributed by atoms with Gasteiger partial charge in [-0.05, 0) is 32.1 Å². The second kappa shape index (κ2) is 42.3. The van der Waals surface area contributed by atoms with E-state index in [1.807, 2.05) is 6.08 Å². The summed E-state index contributed by atoms with van der Waals surface area (Å²) in [5.41, 5.74) is 0. The molecule has 0 aromatic rings. The predicted molar refractivity (Wildman–Crippen MR) is 255 cm³/mol. The van der Waals surface area contributed by atoms with E-state index in [9.17, 15) is 35.4 Å². The van der Waals surface area contributed by atoms with E-state index in [0.717, 1.165) is 38.5 Å². The second-order valence-electron chi connectivity index (χ2n) is 18.5. The van der Waals surface area contributed by atoms with Crippen LogP contribution in [0.5, 0.6) is 0 Å². The molecule has 10 nitrogen and oxygen atoms in total. The topological polar surface area (TPSA) is 169 Å². The molecule has 366 valence electrons. The summed E-state index contributed by atoms with van der Waals surface area (Å²) in [6, 6.07) is -0.993. The molecule has 10 heteroatoms. The predicted octanol–water partition coefficient (Wildman–Crippen LogP) is 10.8. The maximum absolute atomic E-state index is 13.1. The quantitative estimate of drug-likeness (QED) is 0.0233. The van der Waals surface area contributed by atoms with Gasteiger partial charge in [-0.15, -0.1) is 0 Å². The average Bonchev–Trinajstić information content (AvgIpc) is 3.27. The molecule has 1 aliphatic rings. The number of hydrogen-bond donors (Lipinski definition) is 7. The molecule has 1 amide bonds. The minimum atomic E-state index is -1.61. The van der Waals surface area contributed by atoms with Gasteiger partial charge >= 0.3 is 0 Å². The number of unbranched alkanes of at least 4 members (excludes halogenated alkanes) is 31. The van der Waals surface area contributed by atoms with E-state index in [0.29, 0.717) is 12.8 Å². The third-order valence-corrected chi connectivity index (χ3v) is 12.6. The van der Waals surface area contributed by atoms with Gasteiger partial charge in [-0.3, -0.25) is 4.79 Å². The Bertz CT molecular complexity index is 1040. The van der Waals surface area contributed by atoms with Crippen molar-refractivity contribution in [1.29, 1.82) is 0 Å².